The molecule has 2 aliphatic rings. The third kappa shape index (κ3) is 2.19. The molecule has 90 valence electrons. The molecule has 0 aromatic heterocycles. The molecule has 1 heterocycles. The Morgan fingerprint density at radius 1 is 1.24 bits per heavy atom. The van der Waals surface area contributed by atoms with Gasteiger partial charge in [0.05, 0.1) is 6.04 Å². The summed E-state index contributed by atoms with van der Waals surface area (Å²) in [6.07, 6.45) is 2.30. The van der Waals surface area contributed by atoms with E-state index in [-0.39, 0.29) is 0 Å². The number of benzene rings is 1. The van der Waals surface area contributed by atoms with Crippen molar-refractivity contribution >= 4 is 5.84 Å². The summed E-state index contributed by atoms with van der Waals surface area (Å²) in [6.45, 7) is 1.19. The fraction of sp³-hybridized carbons (Fsp3) is 0.417. The average molecular weight is 233 g/mol. The molecule has 3 N–H and O–H groups in total. The minimum atomic E-state index is 0.425. The summed E-state index contributed by atoms with van der Waals surface area (Å²) in [5.74, 6) is 7.75. The summed E-state index contributed by atoms with van der Waals surface area (Å²) in [5.41, 5.74) is 3.58. The highest BCUT2D eigenvalue weighted by Crippen LogP contribution is 2.31. The van der Waals surface area contributed by atoms with Crippen LogP contribution in [0.3, 0.4) is 0 Å². The zero-order valence-corrected chi connectivity index (χ0v) is 9.48. The van der Waals surface area contributed by atoms with Crippen LogP contribution in [-0.2, 0) is 0 Å². The lowest BCUT2D eigenvalue weighted by Crippen LogP contribution is -2.31. The minimum absolute atomic E-state index is 0.425. The molecule has 0 atom stereocenters. The van der Waals surface area contributed by atoms with Gasteiger partial charge in [0.2, 0.25) is 0 Å². The number of ether oxygens (including phenoxy) is 2. The highest BCUT2D eigenvalue weighted by molar-refractivity contribution is 5.99. The molecule has 1 aliphatic heterocycles. The van der Waals surface area contributed by atoms with Gasteiger partial charge < -0.3 is 14.9 Å². The Labute approximate surface area is 99.6 Å². The van der Waals surface area contributed by atoms with E-state index in [2.05, 4.69) is 10.4 Å². The molecule has 0 spiro atoms. The van der Waals surface area contributed by atoms with Crippen molar-refractivity contribution in [2.24, 2.45) is 10.8 Å². The molecule has 1 aliphatic carbocycles. The lowest BCUT2D eigenvalue weighted by molar-refractivity contribution is 0.171. The maximum atomic E-state index is 5.53. The molecule has 1 aromatic rings. The molecule has 17 heavy (non-hydrogen) atoms. The Bertz CT molecular complexity index is 455. The summed E-state index contributed by atoms with van der Waals surface area (Å²) >= 11 is 0. The molecule has 0 radical (unpaired) electrons. The Hall–Kier alpha value is -1.75. The largest absolute Gasteiger partial charge is 0.486 e. The zero-order chi connectivity index (χ0) is 11.7. The number of nitrogens with zero attached hydrogens (tertiary/aromatic N) is 1. The van der Waals surface area contributed by atoms with Crippen LogP contribution in [-0.4, -0.2) is 25.1 Å². The summed E-state index contributed by atoms with van der Waals surface area (Å²) in [7, 11) is 0. The van der Waals surface area contributed by atoms with Gasteiger partial charge >= 0.3 is 0 Å². The predicted molar refractivity (Wildman–Crippen MR) is 64.3 cm³/mol. The minimum Gasteiger partial charge on any atom is -0.486 e. The third-order valence-electron chi connectivity index (χ3n) is 2.81. The van der Waals surface area contributed by atoms with Crippen molar-refractivity contribution in [1.29, 1.82) is 0 Å². The molecule has 1 saturated carbocycles. The van der Waals surface area contributed by atoms with Crippen molar-refractivity contribution in [3.63, 3.8) is 0 Å². The van der Waals surface area contributed by atoms with Gasteiger partial charge in [0.1, 0.15) is 19.0 Å². The lowest BCUT2D eigenvalue weighted by atomic mass is 10.1. The number of fused-ring (bicyclic) bond motifs is 1. The van der Waals surface area contributed by atoms with Crippen LogP contribution in [0.15, 0.2) is 23.2 Å². The normalized spacial score (nSPS) is 19.0. The number of rotatable bonds is 2. The summed E-state index contributed by atoms with van der Waals surface area (Å²) in [4.78, 5) is 4.51. The van der Waals surface area contributed by atoms with Gasteiger partial charge in [-0.15, -0.1) is 0 Å². The standard InChI is InChI=1S/C12H15N3O2/c13-15-12(14-9-2-3-9)8-1-4-10-11(7-8)17-6-5-16-10/h1,4,7,9H,2-3,5-6,13H2,(H,14,15). The Balaban J connectivity index is 1.91. The number of hydrogen-bond acceptors (Lipinski definition) is 4. The number of nitrogens with two attached hydrogens (primary N) is 1. The lowest BCUT2D eigenvalue weighted by Gasteiger charge is -2.19. The van der Waals surface area contributed by atoms with Gasteiger partial charge in [-0.3, -0.25) is 4.99 Å². The number of aliphatic imine (C=N–C) groups is 1. The zero-order valence-electron chi connectivity index (χ0n) is 9.48. The molecule has 1 fully saturated rings. The third-order valence-corrected chi connectivity index (χ3v) is 2.81. The molecular weight excluding hydrogens is 218 g/mol. The SMILES string of the molecule is NNC(=NC1CC1)c1ccc2c(c1)OCCO2. The van der Waals surface area contributed by atoms with Gasteiger partial charge in [-0.25, -0.2) is 5.84 Å². The van der Waals surface area contributed by atoms with E-state index in [1.165, 1.54) is 0 Å². The summed E-state index contributed by atoms with van der Waals surface area (Å²) in [6, 6.07) is 6.17. The average Bonchev–Trinajstić information content (AvgIpc) is 3.19. The van der Waals surface area contributed by atoms with Gasteiger partial charge in [-0.05, 0) is 31.0 Å². The smallest absolute Gasteiger partial charge is 0.162 e. The van der Waals surface area contributed by atoms with Crippen molar-refractivity contribution in [2.45, 2.75) is 18.9 Å². The van der Waals surface area contributed by atoms with Crippen LogP contribution < -0.4 is 20.7 Å². The van der Waals surface area contributed by atoms with E-state index in [0.717, 1.165) is 29.9 Å². The van der Waals surface area contributed by atoms with E-state index in [9.17, 15) is 0 Å². The van der Waals surface area contributed by atoms with Gasteiger partial charge in [-0.2, -0.15) is 0 Å². The molecule has 3 rings (SSSR count). The first-order chi connectivity index (χ1) is 8.36. The molecule has 5 nitrogen and oxygen atoms in total. The molecule has 0 bridgehead atoms. The first kappa shape index (κ1) is 10.4. The monoisotopic (exact) mass is 233 g/mol. The maximum absolute atomic E-state index is 5.53. The molecular formula is C12H15N3O2. The van der Waals surface area contributed by atoms with E-state index in [1.54, 1.807) is 0 Å². The van der Waals surface area contributed by atoms with Gasteiger partial charge in [0.25, 0.3) is 0 Å². The van der Waals surface area contributed by atoms with Crippen molar-refractivity contribution in [3.8, 4) is 11.5 Å². The number of nitrogens with one attached hydrogen (secondary N) is 1. The van der Waals surface area contributed by atoms with Crippen LogP contribution in [0.2, 0.25) is 0 Å². The number of hydrogen-bond donors (Lipinski definition) is 2. The molecule has 1 aromatic carbocycles. The molecule has 0 unspecified atom stereocenters. The van der Waals surface area contributed by atoms with Crippen molar-refractivity contribution in [1.82, 2.24) is 5.43 Å². The van der Waals surface area contributed by atoms with Gasteiger partial charge in [0.15, 0.2) is 11.5 Å². The van der Waals surface area contributed by atoms with Gasteiger partial charge in [0, 0.05) is 5.56 Å². The second-order valence-corrected chi connectivity index (χ2v) is 4.21. The summed E-state index contributed by atoms with van der Waals surface area (Å²) < 4.78 is 11.0. The summed E-state index contributed by atoms with van der Waals surface area (Å²) in [5, 5.41) is 0. The first-order valence-electron chi connectivity index (χ1n) is 5.81. The van der Waals surface area contributed by atoms with Crippen molar-refractivity contribution in [3.05, 3.63) is 23.8 Å². The Kier molecular flexibility index (Phi) is 2.60. The van der Waals surface area contributed by atoms with E-state index < -0.39 is 0 Å². The van der Waals surface area contributed by atoms with Gasteiger partial charge in [-0.1, -0.05) is 0 Å². The topological polar surface area (TPSA) is 68.9 Å². The Morgan fingerprint density at radius 3 is 2.71 bits per heavy atom. The van der Waals surface area contributed by atoms with E-state index in [0.29, 0.717) is 25.1 Å². The van der Waals surface area contributed by atoms with Crippen LogP contribution in [0.4, 0.5) is 0 Å². The maximum Gasteiger partial charge on any atom is 0.162 e. The molecule has 5 heteroatoms. The van der Waals surface area contributed by atoms with Crippen LogP contribution in [0.1, 0.15) is 18.4 Å². The molecule has 0 amide bonds. The van der Waals surface area contributed by atoms with Crippen LogP contribution >= 0.6 is 0 Å². The number of hydrazine groups is 1. The highest BCUT2D eigenvalue weighted by Gasteiger charge is 2.22. The van der Waals surface area contributed by atoms with Crippen LogP contribution in [0.25, 0.3) is 0 Å². The fourth-order valence-electron chi connectivity index (χ4n) is 1.77. The highest BCUT2D eigenvalue weighted by atomic mass is 16.6. The first-order valence-corrected chi connectivity index (χ1v) is 5.81. The van der Waals surface area contributed by atoms with Crippen molar-refractivity contribution < 1.29 is 9.47 Å². The van der Waals surface area contributed by atoms with E-state index in [1.807, 2.05) is 18.2 Å². The second-order valence-electron chi connectivity index (χ2n) is 4.21. The Morgan fingerprint density at radius 2 is 2.00 bits per heavy atom. The second kappa shape index (κ2) is 4.25. The molecule has 0 saturated heterocycles. The van der Waals surface area contributed by atoms with E-state index >= 15 is 0 Å². The predicted octanol–water partition coefficient (Wildman–Crippen LogP) is 0.830. The van der Waals surface area contributed by atoms with Crippen LogP contribution in [0.5, 0.6) is 11.5 Å². The quantitative estimate of drug-likeness (QED) is 0.343. The van der Waals surface area contributed by atoms with E-state index in [4.69, 9.17) is 15.3 Å². The van der Waals surface area contributed by atoms with Crippen molar-refractivity contribution in [2.75, 3.05) is 13.2 Å². The van der Waals surface area contributed by atoms with Crippen LogP contribution in [0, 0.1) is 0 Å². The number of amidine groups is 1. The fourth-order valence-corrected chi connectivity index (χ4v) is 1.77.